The Morgan fingerprint density at radius 3 is 2.67 bits per heavy atom. The van der Waals surface area contributed by atoms with Gasteiger partial charge in [0.2, 0.25) is 0 Å². The number of fused-ring (bicyclic) bond motifs is 1. The minimum absolute atomic E-state index is 0.109. The summed E-state index contributed by atoms with van der Waals surface area (Å²) < 4.78 is 16.1. The molecule has 0 fully saturated rings. The smallest absolute Gasteiger partial charge is 0.123 e. The van der Waals surface area contributed by atoms with Crippen molar-refractivity contribution in [1.82, 2.24) is 19.7 Å². The van der Waals surface area contributed by atoms with Crippen LogP contribution in [0.3, 0.4) is 0 Å². The summed E-state index contributed by atoms with van der Waals surface area (Å²) in [5.41, 5.74) is 6.17. The van der Waals surface area contributed by atoms with Crippen molar-refractivity contribution in [3.05, 3.63) is 95.7 Å². The Kier molecular flexibility index (Phi) is 5.90. The summed E-state index contributed by atoms with van der Waals surface area (Å²) in [6, 6.07) is 17.8. The molecular formula is C28H31FN4. The van der Waals surface area contributed by atoms with Gasteiger partial charge in [-0.15, -0.1) is 0 Å². The van der Waals surface area contributed by atoms with Crippen LogP contribution in [0.15, 0.2) is 73.1 Å². The van der Waals surface area contributed by atoms with Crippen molar-refractivity contribution in [2.75, 3.05) is 14.1 Å². The van der Waals surface area contributed by atoms with Crippen molar-refractivity contribution < 1.29 is 4.39 Å². The van der Waals surface area contributed by atoms with Gasteiger partial charge in [-0.3, -0.25) is 4.68 Å². The normalized spacial score (nSPS) is 18.7. The maximum atomic E-state index is 14.1. The third kappa shape index (κ3) is 4.38. The highest BCUT2D eigenvalue weighted by Gasteiger charge is 2.35. The van der Waals surface area contributed by atoms with E-state index in [0.717, 1.165) is 55.2 Å². The molecule has 2 aromatic heterocycles. The van der Waals surface area contributed by atoms with E-state index in [4.69, 9.17) is 0 Å². The van der Waals surface area contributed by atoms with E-state index in [-0.39, 0.29) is 11.4 Å². The first-order valence-electron chi connectivity index (χ1n) is 11.7. The maximum Gasteiger partial charge on any atom is 0.123 e. The second kappa shape index (κ2) is 8.99. The maximum absolute atomic E-state index is 14.1. The Hall–Kier alpha value is -3.18. The highest BCUT2D eigenvalue weighted by Crippen LogP contribution is 2.40. The number of nitrogens with zero attached hydrogens (tertiary/aromatic N) is 3. The lowest BCUT2D eigenvalue weighted by Crippen LogP contribution is -2.47. The third-order valence-corrected chi connectivity index (χ3v) is 7.25. The SMILES string of the molecule is CN(C)C1(Cc2ccccc2)CC=C(c2[nH]c3ccc(F)cc3c2CCn2cccn2)CC1. The Morgan fingerprint density at radius 1 is 1.12 bits per heavy atom. The van der Waals surface area contributed by atoms with Crippen LogP contribution in [0.2, 0.25) is 0 Å². The van der Waals surface area contributed by atoms with E-state index in [0.29, 0.717) is 0 Å². The molecular weight excluding hydrogens is 411 g/mol. The van der Waals surface area contributed by atoms with Gasteiger partial charge in [0.25, 0.3) is 0 Å². The molecule has 1 aliphatic rings. The highest BCUT2D eigenvalue weighted by molar-refractivity contribution is 5.89. The molecule has 170 valence electrons. The standard InChI is InChI=1S/C28H31FN4/c1-32(2)28(20-21-7-4-3-5-8-21)14-11-22(12-15-28)27-24(13-18-33-17-6-16-30-33)25-19-23(29)9-10-26(25)31-27/h3-11,16-17,19,31H,12-15,18,20H2,1-2H3. The van der Waals surface area contributed by atoms with Crippen LogP contribution < -0.4 is 0 Å². The molecule has 1 unspecified atom stereocenters. The number of benzene rings is 2. The van der Waals surface area contributed by atoms with E-state index in [1.54, 1.807) is 12.3 Å². The van der Waals surface area contributed by atoms with Crippen molar-refractivity contribution >= 4 is 16.5 Å². The van der Waals surface area contributed by atoms with Gasteiger partial charge in [-0.1, -0.05) is 36.4 Å². The molecule has 0 saturated heterocycles. The van der Waals surface area contributed by atoms with Gasteiger partial charge in [-0.25, -0.2) is 4.39 Å². The minimum atomic E-state index is -0.194. The molecule has 1 atom stereocenters. The predicted molar refractivity (Wildman–Crippen MR) is 133 cm³/mol. The monoisotopic (exact) mass is 442 g/mol. The fraction of sp³-hybridized carbons (Fsp3) is 0.321. The van der Waals surface area contributed by atoms with Crippen LogP contribution in [-0.4, -0.2) is 39.3 Å². The molecule has 5 heteroatoms. The summed E-state index contributed by atoms with van der Waals surface area (Å²) in [6.07, 6.45) is 11.1. The van der Waals surface area contributed by atoms with Crippen LogP contribution in [0.25, 0.3) is 16.5 Å². The van der Waals surface area contributed by atoms with E-state index in [2.05, 4.69) is 65.5 Å². The number of hydrogen-bond acceptors (Lipinski definition) is 2. The molecule has 33 heavy (non-hydrogen) atoms. The molecule has 0 amide bonds. The summed E-state index contributed by atoms with van der Waals surface area (Å²) in [4.78, 5) is 6.01. The largest absolute Gasteiger partial charge is 0.355 e. The number of hydrogen-bond donors (Lipinski definition) is 1. The molecule has 4 nitrogen and oxygen atoms in total. The Balaban J connectivity index is 1.47. The van der Waals surface area contributed by atoms with Gasteiger partial charge in [0.15, 0.2) is 0 Å². The summed E-state index contributed by atoms with van der Waals surface area (Å²) in [5.74, 6) is -0.194. The van der Waals surface area contributed by atoms with Gasteiger partial charge >= 0.3 is 0 Å². The van der Waals surface area contributed by atoms with Gasteiger partial charge in [-0.05, 0) is 87.2 Å². The minimum Gasteiger partial charge on any atom is -0.355 e. The average molecular weight is 443 g/mol. The number of rotatable bonds is 7. The van der Waals surface area contributed by atoms with Crippen LogP contribution in [0.1, 0.15) is 36.1 Å². The molecule has 0 aliphatic heterocycles. The second-order valence-electron chi connectivity index (χ2n) is 9.40. The first-order chi connectivity index (χ1) is 16.0. The summed E-state index contributed by atoms with van der Waals surface area (Å²) in [7, 11) is 4.39. The molecule has 0 saturated carbocycles. The highest BCUT2D eigenvalue weighted by atomic mass is 19.1. The number of halogens is 1. The molecule has 2 aromatic carbocycles. The van der Waals surface area contributed by atoms with Crippen molar-refractivity contribution in [1.29, 1.82) is 0 Å². The Labute approximate surface area is 194 Å². The number of aromatic amines is 1. The zero-order valence-electron chi connectivity index (χ0n) is 19.4. The van der Waals surface area contributed by atoms with Gasteiger partial charge < -0.3 is 9.88 Å². The molecule has 4 aromatic rings. The van der Waals surface area contributed by atoms with Gasteiger partial charge in [0, 0.05) is 41.1 Å². The topological polar surface area (TPSA) is 36.9 Å². The van der Waals surface area contributed by atoms with E-state index in [9.17, 15) is 4.39 Å². The number of allylic oxidation sites excluding steroid dienone is 1. The fourth-order valence-corrected chi connectivity index (χ4v) is 5.23. The number of aryl methyl sites for hydroxylation is 2. The lowest BCUT2D eigenvalue weighted by Gasteiger charge is -2.42. The zero-order valence-corrected chi connectivity index (χ0v) is 19.4. The molecule has 2 heterocycles. The summed E-state index contributed by atoms with van der Waals surface area (Å²) in [5, 5.41) is 5.32. The molecule has 0 radical (unpaired) electrons. The van der Waals surface area contributed by atoms with Crippen molar-refractivity contribution in [3.63, 3.8) is 0 Å². The van der Waals surface area contributed by atoms with Crippen molar-refractivity contribution in [2.45, 2.75) is 44.2 Å². The summed E-state index contributed by atoms with van der Waals surface area (Å²) >= 11 is 0. The lowest BCUT2D eigenvalue weighted by molar-refractivity contribution is 0.138. The average Bonchev–Trinajstić information content (AvgIpc) is 3.46. The molecule has 0 spiro atoms. The van der Waals surface area contributed by atoms with Gasteiger partial charge in [-0.2, -0.15) is 5.10 Å². The van der Waals surface area contributed by atoms with E-state index in [1.165, 1.54) is 22.8 Å². The van der Waals surface area contributed by atoms with Crippen LogP contribution >= 0.6 is 0 Å². The fourth-order valence-electron chi connectivity index (χ4n) is 5.23. The van der Waals surface area contributed by atoms with E-state index >= 15 is 0 Å². The van der Waals surface area contributed by atoms with Crippen molar-refractivity contribution in [2.24, 2.45) is 0 Å². The van der Waals surface area contributed by atoms with Crippen LogP contribution in [0, 0.1) is 5.82 Å². The van der Waals surface area contributed by atoms with Gasteiger partial charge in [0.1, 0.15) is 5.82 Å². The zero-order chi connectivity index (χ0) is 22.8. The first kappa shape index (κ1) is 21.7. The molecule has 5 rings (SSSR count). The molecule has 0 bridgehead atoms. The molecule has 1 aliphatic carbocycles. The number of likely N-dealkylation sites (N-methyl/N-ethyl adjacent to an activating group) is 1. The lowest BCUT2D eigenvalue weighted by atomic mass is 9.76. The van der Waals surface area contributed by atoms with E-state index in [1.807, 2.05) is 23.0 Å². The number of aromatic nitrogens is 3. The number of nitrogens with one attached hydrogen (secondary N) is 1. The Bertz CT molecular complexity index is 1250. The Morgan fingerprint density at radius 2 is 1.97 bits per heavy atom. The third-order valence-electron chi connectivity index (χ3n) is 7.25. The summed E-state index contributed by atoms with van der Waals surface area (Å²) in [6.45, 7) is 0.770. The van der Waals surface area contributed by atoms with Gasteiger partial charge in [0.05, 0.1) is 0 Å². The predicted octanol–water partition coefficient (Wildman–Crippen LogP) is 5.86. The van der Waals surface area contributed by atoms with Crippen LogP contribution in [0.5, 0.6) is 0 Å². The number of H-pyrrole nitrogens is 1. The van der Waals surface area contributed by atoms with E-state index < -0.39 is 0 Å². The van der Waals surface area contributed by atoms with Crippen molar-refractivity contribution in [3.8, 4) is 0 Å². The molecule has 1 N–H and O–H groups in total. The van der Waals surface area contributed by atoms with Crippen LogP contribution in [-0.2, 0) is 19.4 Å². The second-order valence-corrected chi connectivity index (χ2v) is 9.40. The quantitative estimate of drug-likeness (QED) is 0.389. The first-order valence-corrected chi connectivity index (χ1v) is 11.7. The van der Waals surface area contributed by atoms with Crippen LogP contribution in [0.4, 0.5) is 4.39 Å².